The van der Waals surface area contributed by atoms with Gasteiger partial charge >= 0.3 is 6.09 Å². The number of rotatable bonds is 21. The first-order chi connectivity index (χ1) is 23.5. The Morgan fingerprint density at radius 1 is 0.880 bits per heavy atom. The molecule has 2 rings (SSSR count). The Morgan fingerprint density at radius 2 is 1.52 bits per heavy atom. The van der Waals surface area contributed by atoms with Gasteiger partial charge in [0.05, 0.1) is 18.5 Å². The number of aromatic amines is 1. The van der Waals surface area contributed by atoms with E-state index in [1.807, 2.05) is 65.1 Å². The Labute approximate surface area is 297 Å². The molecule has 1 aromatic carbocycles. The van der Waals surface area contributed by atoms with E-state index in [4.69, 9.17) is 4.74 Å². The van der Waals surface area contributed by atoms with Crippen molar-refractivity contribution in [2.45, 2.75) is 123 Å². The van der Waals surface area contributed by atoms with Gasteiger partial charge in [0, 0.05) is 37.1 Å². The molecule has 13 heteroatoms. The summed E-state index contributed by atoms with van der Waals surface area (Å²) >= 11 is 0. The number of nitrogens with one attached hydrogen (secondary N) is 5. The predicted molar refractivity (Wildman–Crippen MR) is 192 cm³/mol. The average molecular weight is 701 g/mol. The first-order valence-electron chi connectivity index (χ1n) is 17.7. The van der Waals surface area contributed by atoms with E-state index in [1.54, 1.807) is 20.8 Å². The summed E-state index contributed by atoms with van der Waals surface area (Å²) in [7, 11) is 1.84. The van der Waals surface area contributed by atoms with Crippen LogP contribution in [-0.2, 0) is 32.0 Å². The third kappa shape index (κ3) is 15.0. The SMILES string of the molecule is CNCCCCC(=O)[C@H](C(C)C)[C@@H](O)[C@H](O)[C@H](CC(C)C)NC(=O)[C@H](Cc1cnc[nH]1)NC(=O)[C@@H](Cc1ccccc1)NC(=O)OC(C)(C)C. The number of aliphatic hydroxyl groups is 2. The summed E-state index contributed by atoms with van der Waals surface area (Å²) in [6.45, 7) is 13.4. The van der Waals surface area contributed by atoms with Gasteiger partial charge in [0.1, 0.15) is 29.6 Å². The minimum absolute atomic E-state index is 0.00539. The molecule has 0 unspecified atom stereocenters. The molecule has 2 aromatic rings. The van der Waals surface area contributed by atoms with E-state index in [9.17, 15) is 29.4 Å². The standard InChI is InChI=1S/C37H60N6O7/c1-23(2)18-27(32(45)33(46)31(24(3)4)30(44)16-12-13-17-38-8)41-35(48)29(20-26-21-39-22-40-26)42-34(47)28(19-25-14-10-9-11-15-25)43-36(49)50-37(5,6)7/h9-11,14-15,21-24,27-29,31-33,38,45-46H,12-13,16-20H2,1-8H3,(H,39,40)(H,41,48)(H,42,47)(H,43,49)/t27-,28+,29-,31-,32+,33+/m0/s1. The fourth-order valence-electron chi connectivity index (χ4n) is 5.86. The van der Waals surface area contributed by atoms with E-state index in [-0.39, 0.29) is 36.9 Å². The molecule has 0 aliphatic heterocycles. The summed E-state index contributed by atoms with van der Waals surface area (Å²) in [5, 5.41) is 34.3. The number of nitrogens with zero attached hydrogens (tertiary/aromatic N) is 1. The number of ketones is 1. The molecule has 0 aliphatic rings. The van der Waals surface area contributed by atoms with Crippen LogP contribution in [0.1, 0.15) is 85.4 Å². The van der Waals surface area contributed by atoms with Crippen molar-refractivity contribution in [2.75, 3.05) is 13.6 Å². The van der Waals surface area contributed by atoms with Crippen LogP contribution in [0.4, 0.5) is 4.79 Å². The summed E-state index contributed by atoms with van der Waals surface area (Å²) < 4.78 is 5.42. The van der Waals surface area contributed by atoms with E-state index in [2.05, 4.69) is 31.2 Å². The van der Waals surface area contributed by atoms with Crippen LogP contribution in [0.2, 0.25) is 0 Å². The summed E-state index contributed by atoms with van der Waals surface area (Å²) in [5.41, 5.74) is 0.544. The highest BCUT2D eigenvalue weighted by molar-refractivity contribution is 5.91. The Kier molecular flexibility index (Phi) is 17.6. The minimum atomic E-state index is -1.46. The van der Waals surface area contributed by atoms with Gasteiger partial charge in [0.2, 0.25) is 11.8 Å². The number of alkyl carbamates (subject to hydrolysis) is 1. The van der Waals surface area contributed by atoms with Crippen molar-refractivity contribution >= 4 is 23.7 Å². The molecule has 0 fully saturated rings. The number of unbranched alkanes of at least 4 members (excludes halogenated alkanes) is 1. The summed E-state index contributed by atoms with van der Waals surface area (Å²) in [6.07, 6.45) is 1.50. The van der Waals surface area contributed by atoms with Crippen molar-refractivity contribution < 1.29 is 34.1 Å². The topological polar surface area (TPSA) is 195 Å². The first-order valence-corrected chi connectivity index (χ1v) is 17.7. The Hall–Kier alpha value is -3.81. The monoisotopic (exact) mass is 700 g/mol. The molecule has 3 amide bonds. The minimum Gasteiger partial charge on any atom is -0.444 e. The van der Waals surface area contributed by atoms with E-state index in [1.165, 1.54) is 12.5 Å². The second-order valence-corrected chi connectivity index (χ2v) is 14.8. The number of amides is 3. The fourth-order valence-corrected chi connectivity index (χ4v) is 5.86. The number of ether oxygens (including phenoxy) is 1. The molecule has 50 heavy (non-hydrogen) atoms. The van der Waals surface area contributed by atoms with Crippen LogP contribution in [0, 0.1) is 17.8 Å². The van der Waals surface area contributed by atoms with Crippen molar-refractivity contribution in [1.29, 1.82) is 0 Å². The zero-order valence-corrected chi connectivity index (χ0v) is 31.0. The van der Waals surface area contributed by atoms with Crippen molar-refractivity contribution in [3.05, 3.63) is 54.1 Å². The highest BCUT2D eigenvalue weighted by Gasteiger charge is 2.39. The number of H-pyrrole nitrogens is 1. The second kappa shape index (κ2) is 20.8. The number of benzene rings is 1. The number of hydrogen-bond donors (Lipinski definition) is 7. The summed E-state index contributed by atoms with van der Waals surface area (Å²) in [6, 6.07) is 5.96. The lowest BCUT2D eigenvalue weighted by atomic mass is 9.80. The average Bonchev–Trinajstić information content (AvgIpc) is 3.54. The molecule has 0 aliphatic carbocycles. The maximum atomic E-state index is 14.0. The van der Waals surface area contributed by atoms with E-state index in [0.717, 1.165) is 18.5 Å². The highest BCUT2D eigenvalue weighted by atomic mass is 16.6. The van der Waals surface area contributed by atoms with Crippen LogP contribution in [0.25, 0.3) is 0 Å². The molecule has 0 spiro atoms. The molecular weight excluding hydrogens is 640 g/mol. The van der Waals surface area contributed by atoms with Gasteiger partial charge in [-0.1, -0.05) is 58.0 Å². The van der Waals surface area contributed by atoms with E-state index >= 15 is 0 Å². The molecule has 1 heterocycles. The third-order valence-electron chi connectivity index (χ3n) is 8.28. The second-order valence-electron chi connectivity index (χ2n) is 14.8. The van der Waals surface area contributed by atoms with Gasteiger partial charge in [-0.25, -0.2) is 9.78 Å². The quantitative estimate of drug-likeness (QED) is 0.0959. The molecular formula is C37H60N6O7. The number of Topliss-reactive ketones (excluding diaryl/α,β-unsaturated/α-hetero) is 1. The normalized spacial score (nSPS) is 15.4. The Balaban J connectivity index is 2.34. The molecule has 6 atom stereocenters. The molecule has 280 valence electrons. The number of carbonyl (C=O) groups is 4. The molecule has 7 N–H and O–H groups in total. The van der Waals surface area contributed by atoms with Crippen molar-refractivity contribution in [3.63, 3.8) is 0 Å². The highest BCUT2D eigenvalue weighted by Crippen LogP contribution is 2.25. The van der Waals surface area contributed by atoms with Gasteiger partial charge < -0.3 is 41.2 Å². The van der Waals surface area contributed by atoms with E-state index in [0.29, 0.717) is 18.5 Å². The zero-order chi connectivity index (χ0) is 37.4. The number of imidazole rings is 1. The summed E-state index contributed by atoms with van der Waals surface area (Å²) in [5.74, 6) is -2.44. The molecule has 1 aromatic heterocycles. The lowest BCUT2D eigenvalue weighted by Gasteiger charge is -2.35. The maximum Gasteiger partial charge on any atom is 0.408 e. The van der Waals surface area contributed by atoms with Gasteiger partial charge in [-0.2, -0.15) is 0 Å². The number of carbonyl (C=O) groups excluding carboxylic acids is 4. The molecule has 0 bridgehead atoms. The molecule has 13 nitrogen and oxygen atoms in total. The zero-order valence-electron chi connectivity index (χ0n) is 31.0. The van der Waals surface area contributed by atoms with Crippen LogP contribution in [0.15, 0.2) is 42.9 Å². The van der Waals surface area contributed by atoms with Crippen LogP contribution in [0.5, 0.6) is 0 Å². The first kappa shape index (κ1) is 42.4. The van der Waals surface area contributed by atoms with E-state index < -0.39 is 59.8 Å². The largest absolute Gasteiger partial charge is 0.444 e. The van der Waals surface area contributed by atoms with Crippen molar-refractivity contribution in [1.82, 2.24) is 31.2 Å². The third-order valence-corrected chi connectivity index (χ3v) is 8.28. The smallest absolute Gasteiger partial charge is 0.408 e. The number of hydrogen-bond acceptors (Lipinski definition) is 9. The Morgan fingerprint density at radius 3 is 2.08 bits per heavy atom. The molecule has 0 saturated heterocycles. The number of aromatic nitrogens is 2. The van der Waals surface area contributed by atoms with Gasteiger partial charge in [-0.3, -0.25) is 14.4 Å². The predicted octanol–water partition coefficient (Wildman–Crippen LogP) is 3.06. The maximum absolute atomic E-state index is 14.0. The van der Waals surface area contributed by atoms with Crippen molar-refractivity contribution in [3.8, 4) is 0 Å². The molecule has 0 saturated carbocycles. The van der Waals surface area contributed by atoms with Gasteiger partial charge in [-0.15, -0.1) is 0 Å². The van der Waals surface area contributed by atoms with Gasteiger partial charge in [0.25, 0.3) is 0 Å². The van der Waals surface area contributed by atoms with Gasteiger partial charge in [0.15, 0.2) is 0 Å². The van der Waals surface area contributed by atoms with Crippen molar-refractivity contribution in [2.24, 2.45) is 17.8 Å². The Bertz CT molecular complexity index is 1310. The summed E-state index contributed by atoms with van der Waals surface area (Å²) in [4.78, 5) is 60.9. The van der Waals surface area contributed by atoms with Crippen LogP contribution >= 0.6 is 0 Å². The molecule has 0 radical (unpaired) electrons. The fraction of sp³-hybridized carbons (Fsp3) is 0.649. The van der Waals surface area contributed by atoms with Crippen LogP contribution < -0.4 is 21.3 Å². The van der Waals surface area contributed by atoms with Crippen LogP contribution in [0.3, 0.4) is 0 Å². The lowest BCUT2D eigenvalue weighted by molar-refractivity contribution is -0.136. The number of aliphatic hydroxyl groups excluding tert-OH is 2. The van der Waals surface area contributed by atoms with Gasteiger partial charge in [-0.05, 0) is 71.0 Å². The lowest BCUT2D eigenvalue weighted by Crippen LogP contribution is -2.59. The van der Waals surface area contributed by atoms with Crippen LogP contribution in [-0.4, -0.2) is 93.4 Å².